The molecule has 1 fully saturated rings. The summed E-state index contributed by atoms with van der Waals surface area (Å²) in [5.74, 6) is 1.56. The van der Waals surface area contributed by atoms with Gasteiger partial charge >= 0.3 is 0 Å². The zero-order valence-corrected chi connectivity index (χ0v) is 19.1. The quantitative estimate of drug-likeness (QED) is 0.332. The molecular weight excluding hydrogens is 441 g/mol. The van der Waals surface area contributed by atoms with Crippen LogP contribution in [0.3, 0.4) is 0 Å². The molecule has 162 valence electrons. The number of hydrogen-bond acceptors (Lipinski definition) is 4. The molecule has 0 atom stereocenters. The molecule has 4 aromatic rings. The number of anilines is 1. The first-order valence-electron chi connectivity index (χ1n) is 10.7. The van der Waals surface area contributed by atoms with Gasteiger partial charge < -0.3 is 9.32 Å². The molecular formula is C26H23Cl2N3O. The topological polar surface area (TPSA) is 32.5 Å². The van der Waals surface area contributed by atoms with Gasteiger partial charge in [-0.1, -0.05) is 83.9 Å². The van der Waals surface area contributed by atoms with Gasteiger partial charge in [-0.3, -0.25) is 4.90 Å². The standard InChI is InChI=1S/C26H23Cl2N3O/c27-22-12-11-21(17-23(22)28)31-15-13-30(14-16-31)18-24-29-25(19-7-3-1-4-8-19)26(32-24)20-9-5-2-6-10-20/h1-12,17H,13-16,18H2. The van der Waals surface area contributed by atoms with Crippen LogP contribution in [-0.2, 0) is 6.54 Å². The zero-order valence-electron chi connectivity index (χ0n) is 17.5. The van der Waals surface area contributed by atoms with E-state index in [2.05, 4.69) is 34.1 Å². The summed E-state index contributed by atoms with van der Waals surface area (Å²) in [6, 6.07) is 26.2. The van der Waals surface area contributed by atoms with Gasteiger partial charge in [-0.25, -0.2) is 4.98 Å². The summed E-state index contributed by atoms with van der Waals surface area (Å²) in [6.07, 6.45) is 0. The molecule has 0 bridgehead atoms. The second kappa shape index (κ2) is 9.37. The second-order valence-corrected chi connectivity index (χ2v) is 8.69. The predicted octanol–water partition coefficient (Wildman–Crippen LogP) is 6.64. The van der Waals surface area contributed by atoms with Crippen LogP contribution in [0.1, 0.15) is 5.89 Å². The summed E-state index contributed by atoms with van der Waals surface area (Å²) < 4.78 is 6.30. The maximum atomic E-state index is 6.30. The summed E-state index contributed by atoms with van der Waals surface area (Å²) >= 11 is 12.3. The van der Waals surface area contributed by atoms with Crippen molar-refractivity contribution in [3.63, 3.8) is 0 Å². The molecule has 32 heavy (non-hydrogen) atoms. The van der Waals surface area contributed by atoms with E-state index in [9.17, 15) is 0 Å². The first kappa shape index (κ1) is 21.1. The van der Waals surface area contributed by atoms with E-state index in [1.54, 1.807) is 0 Å². The van der Waals surface area contributed by atoms with Gasteiger partial charge in [0.05, 0.1) is 16.6 Å². The Balaban J connectivity index is 1.33. The number of nitrogens with zero attached hydrogens (tertiary/aromatic N) is 3. The van der Waals surface area contributed by atoms with Crippen molar-refractivity contribution in [2.24, 2.45) is 0 Å². The molecule has 0 unspecified atom stereocenters. The number of halogens is 2. The molecule has 2 heterocycles. The fourth-order valence-electron chi connectivity index (χ4n) is 4.05. The summed E-state index contributed by atoms with van der Waals surface area (Å²) in [6.45, 7) is 4.35. The monoisotopic (exact) mass is 463 g/mol. The van der Waals surface area contributed by atoms with Crippen molar-refractivity contribution in [2.45, 2.75) is 6.54 Å². The van der Waals surface area contributed by atoms with E-state index in [0.29, 0.717) is 16.6 Å². The molecule has 1 saturated heterocycles. The van der Waals surface area contributed by atoms with Crippen molar-refractivity contribution in [2.75, 3.05) is 31.1 Å². The van der Waals surface area contributed by atoms with E-state index < -0.39 is 0 Å². The van der Waals surface area contributed by atoms with Gasteiger partial charge in [-0.15, -0.1) is 0 Å². The number of benzene rings is 3. The largest absolute Gasteiger partial charge is 0.439 e. The van der Waals surface area contributed by atoms with Gasteiger partial charge in [0, 0.05) is 43.0 Å². The van der Waals surface area contributed by atoms with Gasteiger partial charge in [0.15, 0.2) is 5.76 Å². The molecule has 4 nitrogen and oxygen atoms in total. The smallest absolute Gasteiger partial charge is 0.209 e. The van der Waals surface area contributed by atoms with Crippen LogP contribution in [-0.4, -0.2) is 36.1 Å². The lowest BCUT2D eigenvalue weighted by Gasteiger charge is -2.35. The van der Waals surface area contributed by atoms with Crippen LogP contribution < -0.4 is 4.90 Å². The van der Waals surface area contributed by atoms with E-state index in [4.69, 9.17) is 32.6 Å². The van der Waals surface area contributed by atoms with Crippen LogP contribution in [0, 0.1) is 0 Å². The molecule has 0 N–H and O–H groups in total. The molecule has 0 amide bonds. The van der Waals surface area contributed by atoms with Gasteiger partial charge in [0.2, 0.25) is 5.89 Å². The lowest BCUT2D eigenvalue weighted by Crippen LogP contribution is -2.46. The van der Waals surface area contributed by atoms with Crippen LogP contribution in [0.25, 0.3) is 22.6 Å². The van der Waals surface area contributed by atoms with Crippen molar-refractivity contribution in [1.82, 2.24) is 9.88 Å². The number of piperazine rings is 1. The third kappa shape index (κ3) is 4.53. The van der Waals surface area contributed by atoms with Crippen LogP contribution in [0.5, 0.6) is 0 Å². The van der Waals surface area contributed by atoms with E-state index in [-0.39, 0.29) is 0 Å². The van der Waals surface area contributed by atoms with Crippen LogP contribution in [0.15, 0.2) is 83.3 Å². The number of aromatic nitrogens is 1. The number of rotatable bonds is 5. The minimum atomic E-state index is 0.585. The summed E-state index contributed by atoms with van der Waals surface area (Å²) in [7, 11) is 0. The van der Waals surface area contributed by atoms with Gasteiger partial charge in [-0.2, -0.15) is 0 Å². The highest BCUT2D eigenvalue weighted by Crippen LogP contribution is 2.33. The second-order valence-electron chi connectivity index (χ2n) is 7.88. The molecule has 1 aliphatic rings. The fraction of sp³-hybridized carbons (Fsp3) is 0.192. The van der Waals surface area contributed by atoms with Crippen molar-refractivity contribution in [3.8, 4) is 22.6 Å². The highest BCUT2D eigenvalue weighted by atomic mass is 35.5. The number of oxazole rings is 1. The molecule has 1 aromatic heterocycles. The lowest BCUT2D eigenvalue weighted by molar-refractivity contribution is 0.227. The van der Waals surface area contributed by atoms with E-state index in [1.165, 1.54) is 0 Å². The first-order chi connectivity index (χ1) is 15.7. The van der Waals surface area contributed by atoms with E-state index in [1.807, 2.05) is 54.6 Å². The van der Waals surface area contributed by atoms with Gasteiger partial charge in [0.1, 0.15) is 5.69 Å². The maximum Gasteiger partial charge on any atom is 0.209 e. The molecule has 6 heteroatoms. The summed E-state index contributed by atoms with van der Waals surface area (Å²) in [5.41, 5.74) is 4.09. The zero-order chi connectivity index (χ0) is 21.9. The Hall–Kier alpha value is -2.79. The summed E-state index contributed by atoms with van der Waals surface area (Å²) in [4.78, 5) is 9.61. The Morgan fingerprint density at radius 3 is 2.06 bits per heavy atom. The Bertz CT molecular complexity index is 1130. The average molecular weight is 464 g/mol. The Kier molecular flexibility index (Phi) is 6.17. The van der Waals surface area contributed by atoms with Crippen molar-refractivity contribution >= 4 is 28.9 Å². The molecule has 0 saturated carbocycles. The highest BCUT2D eigenvalue weighted by Gasteiger charge is 2.22. The van der Waals surface area contributed by atoms with Crippen molar-refractivity contribution in [3.05, 3.63) is 94.8 Å². The first-order valence-corrected chi connectivity index (χ1v) is 11.5. The lowest BCUT2D eigenvalue weighted by atomic mass is 10.1. The molecule has 0 aliphatic carbocycles. The maximum absolute atomic E-state index is 6.30. The molecule has 1 aliphatic heterocycles. The van der Waals surface area contributed by atoms with Crippen LogP contribution in [0.4, 0.5) is 5.69 Å². The SMILES string of the molecule is Clc1ccc(N2CCN(Cc3nc(-c4ccccc4)c(-c4ccccc4)o3)CC2)cc1Cl. The van der Waals surface area contributed by atoms with Crippen molar-refractivity contribution < 1.29 is 4.42 Å². The normalized spacial score (nSPS) is 14.6. The third-order valence-corrected chi connectivity index (χ3v) is 6.49. The Morgan fingerprint density at radius 1 is 0.750 bits per heavy atom. The molecule has 5 rings (SSSR count). The van der Waals surface area contributed by atoms with Gasteiger partial charge in [0.25, 0.3) is 0 Å². The van der Waals surface area contributed by atoms with E-state index >= 15 is 0 Å². The third-order valence-electron chi connectivity index (χ3n) is 5.75. The molecule has 0 spiro atoms. The number of hydrogen-bond donors (Lipinski definition) is 0. The fourth-order valence-corrected chi connectivity index (χ4v) is 4.34. The minimum Gasteiger partial charge on any atom is -0.439 e. The molecule has 3 aromatic carbocycles. The predicted molar refractivity (Wildman–Crippen MR) is 131 cm³/mol. The van der Waals surface area contributed by atoms with Gasteiger partial charge in [-0.05, 0) is 18.2 Å². The molecule has 0 radical (unpaired) electrons. The Morgan fingerprint density at radius 2 is 1.41 bits per heavy atom. The van der Waals surface area contributed by atoms with Crippen molar-refractivity contribution in [1.29, 1.82) is 0 Å². The Labute approximate surface area is 198 Å². The van der Waals surface area contributed by atoms with E-state index in [0.717, 1.165) is 60.3 Å². The van der Waals surface area contributed by atoms with Crippen LogP contribution >= 0.6 is 23.2 Å². The van der Waals surface area contributed by atoms with Crippen LogP contribution in [0.2, 0.25) is 10.0 Å². The summed E-state index contributed by atoms with van der Waals surface area (Å²) in [5, 5.41) is 1.18. The average Bonchev–Trinajstić information content (AvgIpc) is 3.26. The minimum absolute atomic E-state index is 0.585. The highest BCUT2D eigenvalue weighted by molar-refractivity contribution is 6.42.